The molecule has 0 aliphatic rings. The Labute approximate surface area is 103 Å². The second-order valence-corrected chi connectivity index (χ2v) is 4.66. The molecule has 0 saturated heterocycles. The van der Waals surface area contributed by atoms with E-state index in [0.29, 0.717) is 5.13 Å². The summed E-state index contributed by atoms with van der Waals surface area (Å²) >= 11 is 1.35. The number of rotatable bonds is 3. The summed E-state index contributed by atoms with van der Waals surface area (Å²) in [5, 5.41) is 12.6. The van der Waals surface area contributed by atoms with Gasteiger partial charge in [-0.15, -0.1) is 0 Å². The van der Waals surface area contributed by atoms with Crippen LogP contribution in [0.15, 0.2) is 30.3 Å². The van der Waals surface area contributed by atoms with Crippen molar-refractivity contribution in [3.05, 3.63) is 35.2 Å². The molecular weight excluding hydrogens is 236 g/mol. The molecule has 0 radical (unpaired) electrons. The SMILES string of the molecule is CC(=O)Nc1[nH+]c(-c2ccccc2)c(CO)s1. The Morgan fingerprint density at radius 1 is 1.41 bits per heavy atom. The molecule has 0 aliphatic carbocycles. The summed E-state index contributed by atoms with van der Waals surface area (Å²) in [5.41, 5.74) is 1.84. The van der Waals surface area contributed by atoms with Crippen LogP contribution in [0.5, 0.6) is 0 Å². The van der Waals surface area contributed by atoms with Crippen LogP contribution >= 0.6 is 11.3 Å². The number of aromatic nitrogens is 1. The molecule has 0 fully saturated rings. The molecule has 3 N–H and O–H groups in total. The number of aliphatic hydroxyl groups is 1. The van der Waals surface area contributed by atoms with Crippen LogP contribution in [0.2, 0.25) is 0 Å². The van der Waals surface area contributed by atoms with Gasteiger partial charge in [-0.2, -0.15) is 0 Å². The van der Waals surface area contributed by atoms with E-state index < -0.39 is 0 Å². The van der Waals surface area contributed by atoms with Gasteiger partial charge in [0.2, 0.25) is 0 Å². The third-order valence-electron chi connectivity index (χ3n) is 2.24. The zero-order valence-corrected chi connectivity index (χ0v) is 10.2. The monoisotopic (exact) mass is 249 g/mol. The van der Waals surface area contributed by atoms with Gasteiger partial charge in [-0.05, 0) is 11.3 Å². The van der Waals surface area contributed by atoms with Crippen molar-refractivity contribution in [2.45, 2.75) is 13.5 Å². The zero-order valence-electron chi connectivity index (χ0n) is 9.36. The molecule has 0 bridgehead atoms. The van der Waals surface area contributed by atoms with Crippen molar-refractivity contribution in [1.29, 1.82) is 0 Å². The topological polar surface area (TPSA) is 63.5 Å². The normalized spacial score (nSPS) is 10.2. The van der Waals surface area contributed by atoms with Crippen molar-refractivity contribution < 1.29 is 14.9 Å². The van der Waals surface area contributed by atoms with E-state index in [1.807, 2.05) is 30.3 Å². The first-order chi connectivity index (χ1) is 8.20. The van der Waals surface area contributed by atoms with Crippen molar-refractivity contribution in [2.24, 2.45) is 0 Å². The summed E-state index contributed by atoms with van der Waals surface area (Å²) in [6, 6.07) is 9.70. The molecule has 2 aromatic rings. The first kappa shape index (κ1) is 11.8. The van der Waals surface area contributed by atoms with E-state index in [0.717, 1.165) is 16.1 Å². The van der Waals surface area contributed by atoms with Crippen LogP contribution < -0.4 is 10.3 Å². The number of benzene rings is 1. The minimum atomic E-state index is -0.133. The quantitative estimate of drug-likeness (QED) is 0.869. The molecule has 0 aliphatic heterocycles. The standard InChI is InChI=1S/C12H12N2O2S/c1-8(16)13-12-14-11(10(7-15)17-12)9-5-3-2-4-6-9/h2-6,15H,7H2,1H3,(H,13,14,16)/p+1. The third-order valence-corrected chi connectivity index (χ3v) is 3.23. The van der Waals surface area contributed by atoms with Crippen LogP contribution in [-0.4, -0.2) is 11.0 Å². The van der Waals surface area contributed by atoms with Gasteiger partial charge in [0.25, 0.3) is 0 Å². The van der Waals surface area contributed by atoms with Gasteiger partial charge in [0.1, 0.15) is 5.69 Å². The highest BCUT2D eigenvalue weighted by Crippen LogP contribution is 2.27. The maximum absolute atomic E-state index is 11.0. The first-order valence-electron chi connectivity index (χ1n) is 5.19. The van der Waals surface area contributed by atoms with Gasteiger partial charge < -0.3 is 5.11 Å². The van der Waals surface area contributed by atoms with Crippen LogP contribution in [-0.2, 0) is 11.4 Å². The van der Waals surface area contributed by atoms with Crippen LogP contribution in [0, 0.1) is 0 Å². The molecule has 2 rings (SSSR count). The van der Waals surface area contributed by atoms with E-state index in [-0.39, 0.29) is 12.5 Å². The highest BCUT2D eigenvalue weighted by atomic mass is 32.1. The Morgan fingerprint density at radius 2 is 2.12 bits per heavy atom. The Bertz CT molecular complexity index is 523. The number of thiazole rings is 1. The molecule has 1 amide bonds. The maximum atomic E-state index is 11.0. The fraction of sp³-hybridized carbons (Fsp3) is 0.167. The fourth-order valence-corrected chi connectivity index (χ4v) is 2.48. The molecule has 1 aromatic carbocycles. The second kappa shape index (κ2) is 5.07. The number of carbonyl (C=O) groups is 1. The van der Waals surface area contributed by atoms with Gasteiger partial charge in [-0.3, -0.25) is 0 Å². The zero-order chi connectivity index (χ0) is 12.3. The number of amides is 1. The fourth-order valence-electron chi connectivity index (χ4n) is 1.55. The minimum Gasteiger partial charge on any atom is -0.391 e. The lowest BCUT2D eigenvalue weighted by molar-refractivity contribution is -0.341. The number of anilines is 1. The first-order valence-corrected chi connectivity index (χ1v) is 6.01. The summed E-state index contributed by atoms with van der Waals surface area (Å²) in [6.45, 7) is 1.40. The summed E-state index contributed by atoms with van der Waals surface area (Å²) in [4.78, 5) is 14.9. The molecule has 5 heteroatoms. The van der Waals surface area contributed by atoms with Crippen molar-refractivity contribution in [2.75, 3.05) is 5.32 Å². The number of aromatic amines is 1. The predicted octanol–water partition coefficient (Wildman–Crippen LogP) is 1.68. The van der Waals surface area contributed by atoms with Gasteiger partial charge in [0.05, 0.1) is 11.5 Å². The Hall–Kier alpha value is -1.72. The van der Waals surface area contributed by atoms with E-state index in [4.69, 9.17) is 0 Å². The lowest BCUT2D eigenvalue weighted by atomic mass is 10.1. The maximum Gasteiger partial charge on any atom is 0.339 e. The molecule has 88 valence electrons. The lowest BCUT2D eigenvalue weighted by Gasteiger charge is -1.95. The Kier molecular flexibility index (Phi) is 3.51. The molecule has 1 aromatic heterocycles. The molecule has 0 saturated carbocycles. The van der Waals surface area contributed by atoms with Crippen LogP contribution in [0.25, 0.3) is 11.3 Å². The van der Waals surface area contributed by atoms with Crippen molar-refractivity contribution in [3.8, 4) is 11.3 Å². The highest BCUT2D eigenvalue weighted by molar-refractivity contribution is 7.15. The van der Waals surface area contributed by atoms with Gasteiger partial charge in [-0.25, -0.2) is 15.1 Å². The van der Waals surface area contributed by atoms with Gasteiger partial charge >= 0.3 is 11.0 Å². The minimum absolute atomic E-state index is 0.0506. The second-order valence-electron chi connectivity index (χ2n) is 3.56. The third kappa shape index (κ3) is 2.69. The number of hydrogen-bond acceptors (Lipinski definition) is 3. The molecule has 17 heavy (non-hydrogen) atoms. The Morgan fingerprint density at radius 3 is 2.71 bits per heavy atom. The van der Waals surface area contributed by atoms with Gasteiger partial charge in [-0.1, -0.05) is 30.3 Å². The summed E-state index contributed by atoms with van der Waals surface area (Å²) in [6.07, 6.45) is 0. The Balaban J connectivity index is 2.39. The van der Waals surface area contributed by atoms with Crippen molar-refractivity contribution in [1.82, 2.24) is 0 Å². The van der Waals surface area contributed by atoms with Crippen molar-refractivity contribution >= 4 is 22.4 Å². The summed E-state index contributed by atoms with van der Waals surface area (Å²) in [5.74, 6) is -0.133. The van der Waals surface area contributed by atoms with Crippen molar-refractivity contribution in [3.63, 3.8) is 0 Å². The smallest absolute Gasteiger partial charge is 0.339 e. The van der Waals surface area contributed by atoms with Crippen LogP contribution in [0.1, 0.15) is 11.8 Å². The number of hydrogen-bond donors (Lipinski definition) is 2. The average Bonchev–Trinajstić information content (AvgIpc) is 2.72. The highest BCUT2D eigenvalue weighted by Gasteiger charge is 2.17. The van der Waals surface area contributed by atoms with Crippen LogP contribution in [0.3, 0.4) is 0 Å². The van der Waals surface area contributed by atoms with Crippen LogP contribution in [0.4, 0.5) is 5.13 Å². The number of aliphatic hydroxyl groups excluding tert-OH is 1. The molecule has 0 atom stereocenters. The molecular formula is C12H13N2O2S+. The van der Waals surface area contributed by atoms with Gasteiger partial charge in [0.15, 0.2) is 0 Å². The summed E-state index contributed by atoms with van der Waals surface area (Å²) in [7, 11) is 0. The van der Waals surface area contributed by atoms with Gasteiger partial charge in [0, 0.05) is 12.5 Å². The molecule has 0 unspecified atom stereocenters. The summed E-state index contributed by atoms with van der Waals surface area (Å²) < 4.78 is 0. The lowest BCUT2D eigenvalue weighted by Crippen LogP contribution is -2.14. The van der Waals surface area contributed by atoms with E-state index in [1.54, 1.807) is 0 Å². The molecule has 4 nitrogen and oxygen atoms in total. The van der Waals surface area contributed by atoms with E-state index in [1.165, 1.54) is 18.3 Å². The average molecular weight is 249 g/mol. The van der Waals surface area contributed by atoms with E-state index in [9.17, 15) is 9.90 Å². The number of carbonyl (C=O) groups excluding carboxylic acids is 1. The molecule has 0 spiro atoms. The van der Waals surface area contributed by atoms with E-state index >= 15 is 0 Å². The molecule has 1 heterocycles. The predicted molar refractivity (Wildman–Crippen MR) is 66.5 cm³/mol. The largest absolute Gasteiger partial charge is 0.391 e. The van der Waals surface area contributed by atoms with E-state index in [2.05, 4.69) is 10.3 Å². The number of nitrogens with one attached hydrogen (secondary N) is 2. The number of H-pyrrole nitrogens is 1.